The highest BCUT2D eigenvalue weighted by Crippen LogP contribution is 2.23. The molecular weight excluding hydrogens is 314 g/mol. The molecule has 6 heteroatoms. The van der Waals surface area contributed by atoms with E-state index in [1.807, 2.05) is 22.9 Å². The summed E-state index contributed by atoms with van der Waals surface area (Å²) < 4.78 is 26.6. The predicted molar refractivity (Wildman–Crippen MR) is 83.7 cm³/mol. The maximum Gasteiger partial charge on any atom is 0.243 e. The number of aryl methyl sites for hydroxylation is 1. The van der Waals surface area contributed by atoms with Crippen molar-refractivity contribution in [1.29, 1.82) is 0 Å². The Kier molecular flexibility index (Phi) is 4.86. The summed E-state index contributed by atoms with van der Waals surface area (Å²) in [6.07, 6.45) is 0. The summed E-state index contributed by atoms with van der Waals surface area (Å²) in [7, 11) is -1.90. The molecule has 0 amide bonds. The molecule has 2 rings (SSSR count). The normalized spacial score (nSPS) is 12.0. The number of benzene rings is 1. The molecule has 0 aliphatic heterocycles. The zero-order valence-corrected chi connectivity index (χ0v) is 13.7. The lowest BCUT2D eigenvalue weighted by Crippen LogP contribution is -2.27. The Morgan fingerprint density at radius 2 is 2.00 bits per heavy atom. The van der Waals surface area contributed by atoms with Crippen LogP contribution < -0.4 is 0 Å². The van der Waals surface area contributed by atoms with E-state index in [9.17, 15) is 8.42 Å². The molecule has 0 atom stereocenters. The third-order valence-electron chi connectivity index (χ3n) is 3.08. The minimum atomic E-state index is -3.50. The van der Waals surface area contributed by atoms with E-state index in [-0.39, 0.29) is 0 Å². The first-order chi connectivity index (χ1) is 9.45. The van der Waals surface area contributed by atoms with Gasteiger partial charge in [-0.3, -0.25) is 0 Å². The fraction of sp³-hybridized carbons (Fsp3) is 0.286. The maximum atomic E-state index is 12.6. The number of alkyl halides is 1. The van der Waals surface area contributed by atoms with Gasteiger partial charge in [0.05, 0.1) is 4.90 Å². The second-order valence-corrected chi connectivity index (χ2v) is 7.69. The topological polar surface area (TPSA) is 37.4 Å². The van der Waals surface area contributed by atoms with Gasteiger partial charge in [-0.1, -0.05) is 12.1 Å². The van der Waals surface area contributed by atoms with Gasteiger partial charge in [0.15, 0.2) is 0 Å². The Balaban J connectivity index is 2.34. The van der Waals surface area contributed by atoms with Crippen molar-refractivity contribution in [2.24, 2.45) is 0 Å². The summed E-state index contributed by atoms with van der Waals surface area (Å²) in [4.78, 5) is 0.327. The van der Waals surface area contributed by atoms with Crippen LogP contribution in [0.5, 0.6) is 0 Å². The van der Waals surface area contributed by atoms with Crippen molar-refractivity contribution in [2.45, 2.75) is 24.2 Å². The third-order valence-corrected chi connectivity index (χ3v) is 6.07. The summed E-state index contributed by atoms with van der Waals surface area (Å²) in [5.41, 5.74) is 2.53. The van der Waals surface area contributed by atoms with Crippen molar-refractivity contribution < 1.29 is 8.42 Å². The molecule has 2 aromatic rings. The molecule has 0 unspecified atom stereocenters. The van der Waals surface area contributed by atoms with Gasteiger partial charge in [0.1, 0.15) is 0 Å². The summed E-state index contributed by atoms with van der Waals surface area (Å²) in [5.74, 6) is 0.303. The molecule has 0 spiro atoms. The molecule has 3 nitrogen and oxygen atoms in total. The lowest BCUT2D eigenvalue weighted by Gasteiger charge is -2.18. The SMILES string of the molecule is Cc1ccc(CCl)cc1S(=O)(=O)N(C)Cc1ccsc1. The molecule has 0 aliphatic carbocycles. The van der Waals surface area contributed by atoms with Gasteiger partial charge >= 0.3 is 0 Å². The van der Waals surface area contributed by atoms with Crippen molar-refractivity contribution in [3.8, 4) is 0 Å². The van der Waals surface area contributed by atoms with E-state index in [1.54, 1.807) is 37.4 Å². The molecule has 0 saturated carbocycles. The van der Waals surface area contributed by atoms with E-state index >= 15 is 0 Å². The van der Waals surface area contributed by atoms with E-state index in [4.69, 9.17) is 11.6 Å². The van der Waals surface area contributed by atoms with Gasteiger partial charge in [0.25, 0.3) is 0 Å². The fourth-order valence-electron chi connectivity index (χ4n) is 1.90. The molecule has 1 heterocycles. The molecule has 0 aliphatic rings. The van der Waals surface area contributed by atoms with Crippen LogP contribution in [-0.4, -0.2) is 19.8 Å². The second kappa shape index (κ2) is 6.26. The Hall–Kier alpha value is -0.880. The minimum absolute atomic E-state index is 0.303. The molecule has 108 valence electrons. The smallest absolute Gasteiger partial charge is 0.207 e. The number of hydrogen-bond donors (Lipinski definition) is 0. The van der Waals surface area contributed by atoms with Crippen molar-refractivity contribution >= 4 is 33.0 Å². The first kappa shape index (κ1) is 15.5. The zero-order valence-electron chi connectivity index (χ0n) is 11.3. The number of nitrogens with zero attached hydrogens (tertiary/aromatic N) is 1. The number of thiophene rings is 1. The highest BCUT2D eigenvalue weighted by molar-refractivity contribution is 7.89. The number of hydrogen-bond acceptors (Lipinski definition) is 3. The van der Waals surface area contributed by atoms with Gasteiger partial charge in [-0.15, -0.1) is 11.6 Å². The maximum absolute atomic E-state index is 12.6. The minimum Gasteiger partial charge on any atom is -0.207 e. The second-order valence-electron chi connectivity index (χ2n) is 4.63. The van der Waals surface area contributed by atoms with E-state index in [1.165, 1.54) is 4.31 Å². The van der Waals surface area contributed by atoms with E-state index in [0.717, 1.165) is 16.7 Å². The van der Waals surface area contributed by atoms with Crippen LogP contribution in [0.15, 0.2) is 39.9 Å². The van der Waals surface area contributed by atoms with E-state index in [2.05, 4.69) is 0 Å². The molecule has 0 radical (unpaired) electrons. The van der Waals surface area contributed by atoms with Gasteiger partial charge in [0, 0.05) is 19.5 Å². The van der Waals surface area contributed by atoms with Crippen molar-refractivity contribution in [2.75, 3.05) is 7.05 Å². The highest BCUT2D eigenvalue weighted by atomic mass is 35.5. The van der Waals surface area contributed by atoms with Crippen molar-refractivity contribution in [3.63, 3.8) is 0 Å². The highest BCUT2D eigenvalue weighted by Gasteiger charge is 2.23. The van der Waals surface area contributed by atoms with Gasteiger partial charge in [-0.25, -0.2) is 8.42 Å². The third kappa shape index (κ3) is 3.23. The molecule has 0 fully saturated rings. The van der Waals surface area contributed by atoms with Crippen LogP contribution >= 0.6 is 22.9 Å². The molecular formula is C14H16ClNO2S2. The van der Waals surface area contributed by atoms with Crippen molar-refractivity contribution in [1.82, 2.24) is 4.31 Å². The quantitative estimate of drug-likeness (QED) is 0.786. The largest absolute Gasteiger partial charge is 0.243 e. The van der Waals surface area contributed by atoms with Gasteiger partial charge in [0.2, 0.25) is 10.0 Å². The molecule has 0 saturated heterocycles. The standard InChI is InChI=1S/C14H16ClNO2S2/c1-11-3-4-12(8-15)7-14(11)20(17,18)16(2)9-13-5-6-19-10-13/h3-7,10H,8-9H2,1-2H3. The van der Waals surface area contributed by atoms with Gasteiger partial charge < -0.3 is 0 Å². The summed E-state index contributed by atoms with van der Waals surface area (Å²) in [5, 5.41) is 3.89. The first-order valence-corrected chi connectivity index (χ1v) is 9.00. The summed E-state index contributed by atoms with van der Waals surface area (Å²) in [6.45, 7) is 2.17. The Morgan fingerprint density at radius 1 is 1.25 bits per heavy atom. The van der Waals surface area contributed by atoms with E-state index < -0.39 is 10.0 Å². The Bertz CT molecular complexity index is 681. The number of sulfonamides is 1. The zero-order chi connectivity index (χ0) is 14.8. The van der Waals surface area contributed by atoms with Gasteiger partial charge in [-0.05, 0) is 46.5 Å². The van der Waals surface area contributed by atoms with Crippen LogP contribution in [0.1, 0.15) is 16.7 Å². The molecule has 1 aromatic carbocycles. The Morgan fingerprint density at radius 3 is 2.60 bits per heavy atom. The van der Waals surface area contributed by atoms with Crippen LogP contribution in [-0.2, 0) is 22.4 Å². The molecule has 1 aromatic heterocycles. The van der Waals surface area contributed by atoms with Crippen LogP contribution in [0.2, 0.25) is 0 Å². The predicted octanol–water partition coefficient (Wildman–Crippen LogP) is 3.62. The van der Waals surface area contributed by atoms with Crippen LogP contribution in [0.4, 0.5) is 0 Å². The van der Waals surface area contributed by atoms with Crippen LogP contribution in [0, 0.1) is 6.92 Å². The molecule has 0 N–H and O–H groups in total. The lowest BCUT2D eigenvalue weighted by atomic mass is 10.2. The number of rotatable bonds is 5. The van der Waals surface area contributed by atoms with Gasteiger partial charge in [-0.2, -0.15) is 15.6 Å². The Labute approximate surface area is 128 Å². The average molecular weight is 330 g/mol. The fourth-order valence-corrected chi connectivity index (χ4v) is 4.15. The molecule has 0 bridgehead atoms. The number of halogens is 1. The van der Waals surface area contributed by atoms with Crippen molar-refractivity contribution in [3.05, 3.63) is 51.7 Å². The summed E-state index contributed by atoms with van der Waals surface area (Å²) in [6, 6.07) is 7.23. The van der Waals surface area contributed by atoms with Crippen LogP contribution in [0.3, 0.4) is 0 Å². The van der Waals surface area contributed by atoms with E-state index in [0.29, 0.717) is 17.3 Å². The van der Waals surface area contributed by atoms with Crippen LogP contribution in [0.25, 0.3) is 0 Å². The average Bonchev–Trinajstić information content (AvgIpc) is 2.92. The first-order valence-electron chi connectivity index (χ1n) is 6.08. The molecule has 20 heavy (non-hydrogen) atoms. The lowest BCUT2D eigenvalue weighted by molar-refractivity contribution is 0.466. The monoisotopic (exact) mass is 329 g/mol. The summed E-state index contributed by atoms with van der Waals surface area (Å²) >= 11 is 7.35.